The number of esters is 1. The second kappa shape index (κ2) is 19.9. The van der Waals surface area contributed by atoms with Crippen LogP contribution in [0.1, 0.15) is 145 Å². The molecule has 0 bridgehead atoms. The van der Waals surface area contributed by atoms with Crippen molar-refractivity contribution in [3.05, 3.63) is 65.2 Å². The van der Waals surface area contributed by atoms with E-state index in [1.165, 1.54) is 89.0 Å². The Balaban J connectivity index is 1.51. The maximum Gasteiger partial charge on any atom is 0.343 e. The molecule has 2 aromatic rings. The van der Waals surface area contributed by atoms with Crippen molar-refractivity contribution in [2.45, 2.75) is 130 Å². The predicted octanol–water partition coefficient (Wildman–Crippen LogP) is 10.4. The SMILES string of the molecule is CCCCCCCCCCCCCCCCOC(C)c1ccc(OC(=O)c2ccc(CCC)cc2)cc1. The molecule has 206 valence electrons. The van der Waals surface area contributed by atoms with E-state index in [1.54, 1.807) is 0 Å². The monoisotopic (exact) mass is 508 g/mol. The number of aryl methyl sites for hydroxylation is 1. The zero-order chi connectivity index (χ0) is 26.6. The van der Waals surface area contributed by atoms with Gasteiger partial charge in [0.25, 0.3) is 0 Å². The smallest absolute Gasteiger partial charge is 0.343 e. The topological polar surface area (TPSA) is 35.5 Å². The van der Waals surface area contributed by atoms with Crippen LogP contribution in [0, 0.1) is 0 Å². The van der Waals surface area contributed by atoms with Crippen LogP contribution in [0.25, 0.3) is 0 Å². The van der Waals surface area contributed by atoms with Crippen molar-refractivity contribution < 1.29 is 14.3 Å². The number of unbranched alkanes of at least 4 members (excludes halogenated alkanes) is 13. The molecule has 0 heterocycles. The summed E-state index contributed by atoms with van der Waals surface area (Å²) in [6, 6.07) is 15.4. The minimum absolute atomic E-state index is 0.0397. The Bertz CT molecular complexity index is 825. The van der Waals surface area contributed by atoms with Crippen LogP contribution in [0.2, 0.25) is 0 Å². The highest BCUT2D eigenvalue weighted by atomic mass is 16.5. The third-order valence-corrected chi connectivity index (χ3v) is 7.15. The van der Waals surface area contributed by atoms with E-state index in [4.69, 9.17) is 9.47 Å². The van der Waals surface area contributed by atoms with Crippen LogP contribution in [0.5, 0.6) is 5.75 Å². The number of benzene rings is 2. The minimum Gasteiger partial charge on any atom is -0.423 e. The first-order valence-electron chi connectivity index (χ1n) is 15.2. The average Bonchev–Trinajstić information content (AvgIpc) is 2.91. The van der Waals surface area contributed by atoms with Gasteiger partial charge in [-0.2, -0.15) is 0 Å². The molecule has 2 aromatic carbocycles. The summed E-state index contributed by atoms with van der Waals surface area (Å²) in [7, 11) is 0. The first kappa shape index (κ1) is 31.1. The quantitative estimate of drug-likeness (QED) is 0.0955. The molecule has 0 saturated carbocycles. The van der Waals surface area contributed by atoms with Gasteiger partial charge in [-0.3, -0.25) is 0 Å². The summed E-state index contributed by atoms with van der Waals surface area (Å²) in [4.78, 5) is 12.4. The van der Waals surface area contributed by atoms with E-state index >= 15 is 0 Å². The third-order valence-electron chi connectivity index (χ3n) is 7.15. The van der Waals surface area contributed by atoms with Gasteiger partial charge < -0.3 is 9.47 Å². The molecular weight excluding hydrogens is 456 g/mol. The second-order valence-corrected chi connectivity index (χ2v) is 10.5. The van der Waals surface area contributed by atoms with Gasteiger partial charge in [0.05, 0.1) is 11.7 Å². The molecule has 0 amide bonds. The first-order chi connectivity index (χ1) is 18.1. The Labute approximate surface area is 227 Å². The standard InChI is InChI=1S/C34H52O3/c1-4-6-7-8-9-10-11-12-13-14-15-16-17-18-28-36-29(3)31-24-26-33(27-25-31)37-34(35)32-22-20-30(19-5-2)21-23-32/h20-27,29H,4-19,28H2,1-3H3. The molecule has 0 saturated heterocycles. The lowest BCUT2D eigenvalue weighted by Gasteiger charge is -2.14. The summed E-state index contributed by atoms with van der Waals surface area (Å²) < 4.78 is 11.6. The van der Waals surface area contributed by atoms with Crippen LogP contribution >= 0.6 is 0 Å². The van der Waals surface area contributed by atoms with Gasteiger partial charge in [-0.25, -0.2) is 4.79 Å². The van der Waals surface area contributed by atoms with Gasteiger partial charge in [0, 0.05) is 6.61 Å². The fourth-order valence-electron chi connectivity index (χ4n) is 4.72. The number of hydrogen-bond acceptors (Lipinski definition) is 3. The summed E-state index contributed by atoms with van der Waals surface area (Å²) in [5.74, 6) is 0.239. The van der Waals surface area contributed by atoms with Crippen LogP contribution in [0.15, 0.2) is 48.5 Å². The number of hydrogen-bond donors (Lipinski definition) is 0. The molecule has 0 aliphatic heterocycles. The number of carbonyl (C=O) groups is 1. The van der Waals surface area contributed by atoms with Crippen molar-refractivity contribution in [3.63, 3.8) is 0 Å². The van der Waals surface area contributed by atoms with Gasteiger partial charge in [0.15, 0.2) is 0 Å². The fourth-order valence-corrected chi connectivity index (χ4v) is 4.72. The molecule has 3 nitrogen and oxygen atoms in total. The van der Waals surface area contributed by atoms with Gasteiger partial charge >= 0.3 is 5.97 Å². The first-order valence-corrected chi connectivity index (χ1v) is 15.2. The molecule has 0 spiro atoms. The summed E-state index contributed by atoms with van der Waals surface area (Å²) in [6.07, 6.45) is 21.3. The number of rotatable bonds is 21. The normalized spacial score (nSPS) is 12.0. The molecule has 0 fully saturated rings. The molecule has 0 radical (unpaired) electrons. The van der Waals surface area contributed by atoms with Gasteiger partial charge in [-0.05, 0) is 55.2 Å². The molecule has 0 aromatic heterocycles. The van der Waals surface area contributed by atoms with Crippen molar-refractivity contribution in [2.75, 3.05) is 6.61 Å². The summed E-state index contributed by atoms with van der Waals surface area (Å²) >= 11 is 0. The Morgan fingerprint density at radius 1 is 0.649 bits per heavy atom. The van der Waals surface area contributed by atoms with E-state index in [-0.39, 0.29) is 12.1 Å². The molecule has 2 rings (SSSR count). The number of ether oxygens (including phenoxy) is 2. The summed E-state index contributed by atoms with van der Waals surface area (Å²) in [6.45, 7) is 7.32. The van der Waals surface area contributed by atoms with E-state index < -0.39 is 0 Å². The van der Waals surface area contributed by atoms with Gasteiger partial charge in [0.1, 0.15) is 5.75 Å². The maximum absolute atomic E-state index is 12.4. The molecule has 0 aliphatic rings. The van der Waals surface area contributed by atoms with Crippen molar-refractivity contribution >= 4 is 5.97 Å². The Kier molecular flexibility index (Phi) is 16.7. The van der Waals surface area contributed by atoms with Crippen LogP contribution in [0.4, 0.5) is 0 Å². The lowest BCUT2D eigenvalue weighted by atomic mass is 10.0. The predicted molar refractivity (Wildman–Crippen MR) is 157 cm³/mol. The molecule has 0 N–H and O–H groups in total. The molecule has 0 aliphatic carbocycles. The lowest BCUT2D eigenvalue weighted by molar-refractivity contribution is 0.0627. The molecule has 37 heavy (non-hydrogen) atoms. The Morgan fingerprint density at radius 3 is 1.68 bits per heavy atom. The van der Waals surface area contributed by atoms with Crippen molar-refractivity contribution in [2.24, 2.45) is 0 Å². The number of carbonyl (C=O) groups excluding carboxylic acids is 1. The third kappa shape index (κ3) is 13.8. The maximum atomic E-state index is 12.4. The minimum atomic E-state index is -0.321. The van der Waals surface area contributed by atoms with E-state index in [0.29, 0.717) is 11.3 Å². The van der Waals surface area contributed by atoms with E-state index in [2.05, 4.69) is 20.8 Å². The van der Waals surface area contributed by atoms with Crippen LogP contribution < -0.4 is 4.74 Å². The fraction of sp³-hybridized carbons (Fsp3) is 0.618. The van der Waals surface area contributed by atoms with Crippen molar-refractivity contribution in [1.29, 1.82) is 0 Å². The van der Waals surface area contributed by atoms with Crippen LogP contribution in [0.3, 0.4) is 0 Å². The van der Waals surface area contributed by atoms with E-state index in [0.717, 1.165) is 31.4 Å². The zero-order valence-electron chi connectivity index (χ0n) is 23.9. The molecule has 3 heteroatoms. The van der Waals surface area contributed by atoms with E-state index in [9.17, 15) is 4.79 Å². The van der Waals surface area contributed by atoms with Crippen LogP contribution in [-0.4, -0.2) is 12.6 Å². The zero-order valence-corrected chi connectivity index (χ0v) is 23.9. The van der Waals surface area contributed by atoms with Gasteiger partial charge in [0.2, 0.25) is 0 Å². The van der Waals surface area contributed by atoms with Crippen molar-refractivity contribution in [3.8, 4) is 5.75 Å². The lowest BCUT2D eigenvalue weighted by Crippen LogP contribution is -2.08. The largest absolute Gasteiger partial charge is 0.423 e. The highest BCUT2D eigenvalue weighted by Gasteiger charge is 2.10. The van der Waals surface area contributed by atoms with Gasteiger partial charge in [-0.15, -0.1) is 0 Å². The highest BCUT2D eigenvalue weighted by molar-refractivity contribution is 5.91. The molecular formula is C34H52O3. The average molecular weight is 509 g/mol. The molecule has 1 atom stereocenters. The highest BCUT2D eigenvalue weighted by Crippen LogP contribution is 2.22. The second-order valence-electron chi connectivity index (χ2n) is 10.5. The van der Waals surface area contributed by atoms with Crippen LogP contribution in [-0.2, 0) is 11.2 Å². The summed E-state index contributed by atoms with van der Waals surface area (Å²) in [5, 5.41) is 0. The Morgan fingerprint density at radius 2 is 1.16 bits per heavy atom. The molecule has 1 unspecified atom stereocenters. The Hall–Kier alpha value is -2.13. The van der Waals surface area contributed by atoms with E-state index in [1.807, 2.05) is 48.5 Å². The van der Waals surface area contributed by atoms with Gasteiger partial charge in [-0.1, -0.05) is 128 Å². The summed E-state index contributed by atoms with van der Waals surface area (Å²) in [5.41, 5.74) is 2.93. The van der Waals surface area contributed by atoms with Crippen molar-refractivity contribution in [1.82, 2.24) is 0 Å².